The van der Waals surface area contributed by atoms with Gasteiger partial charge in [-0.2, -0.15) is 13.2 Å². The molecule has 0 saturated heterocycles. The maximum Gasteiger partial charge on any atom is 0.416 e. The fourth-order valence-corrected chi connectivity index (χ4v) is 1.87. The predicted molar refractivity (Wildman–Crippen MR) is 68.8 cm³/mol. The summed E-state index contributed by atoms with van der Waals surface area (Å²) in [5, 5.41) is 10.1. The molecule has 0 radical (unpaired) electrons. The quantitative estimate of drug-likeness (QED) is 0.851. The Morgan fingerprint density at radius 1 is 1.20 bits per heavy atom. The summed E-state index contributed by atoms with van der Waals surface area (Å²) in [4.78, 5) is 4.02. The largest absolute Gasteiger partial charge is 0.416 e. The minimum absolute atomic E-state index is 0.0606. The average Bonchev–Trinajstić information content (AvgIpc) is 2.39. The SMILES string of the molecule is Nc1ccc(C(F)(F)F)cc1C(O)Cc1ccccn1. The molecule has 0 aliphatic heterocycles. The van der Waals surface area contributed by atoms with E-state index in [1.54, 1.807) is 24.4 Å². The number of alkyl halides is 3. The number of benzene rings is 1. The van der Waals surface area contributed by atoms with Crippen molar-refractivity contribution in [2.24, 2.45) is 0 Å². The molecule has 0 fully saturated rings. The van der Waals surface area contributed by atoms with E-state index in [-0.39, 0.29) is 17.7 Å². The molecule has 2 rings (SSSR count). The van der Waals surface area contributed by atoms with Gasteiger partial charge in [-0.25, -0.2) is 0 Å². The highest BCUT2D eigenvalue weighted by atomic mass is 19.4. The molecule has 20 heavy (non-hydrogen) atoms. The van der Waals surface area contributed by atoms with Crippen LogP contribution in [0.25, 0.3) is 0 Å². The average molecular weight is 282 g/mol. The van der Waals surface area contributed by atoms with E-state index in [9.17, 15) is 18.3 Å². The molecular weight excluding hydrogens is 269 g/mol. The Balaban J connectivity index is 2.27. The maximum absolute atomic E-state index is 12.7. The molecule has 2 aromatic rings. The third-order valence-electron chi connectivity index (χ3n) is 2.90. The van der Waals surface area contributed by atoms with Crippen LogP contribution in [0, 0.1) is 0 Å². The highest BCUT2D eigenvalue weighted by Gasteiger charge is 2.31. The molecule has 0 aliphatic rings. The molecule has 1 unspecified atom stereocenters. The summed E-state index contributed by atoms with van der Waals surface area (Å²) in [5.74, 6) is 0. The summed E-state index contributed by atoms with van der Waals surface area (Å²) in [6.45, 7) is 0. The van der Waals surface area contributed by atoms with Crippen LogP contribution in [0.2, 0.25) is 0 Å². The van der Waals surface area contributed by atoms with E-state index in [4.69, 9.17) is 5.73 Å². The zero-order chi connectivity index (χ0) is 14.8. The van der Waals surface area contributed by atoms with E-state index >= 15 is 0 Å². The molecule has 0 spiro atoms. The van der Waals surface area contributed by atoms with Crippen molar-refractivity contribution in [3.8, 4) is 0 Å². The van der Waals surface area contributed by atoms with Crippen molar-refractivity contribution in [1.29, 1.82) is 0 Å². The van der Waals surface area contributed by atoms with E-state index in [1.807, 2.05) is 0 Å². The zero-order valence-electron chi connectivity index (χ0n) is 10.4. The van der Waals surface area contributed by atoms with Gasteiger partial charge in [0.1, 0.15) is 0 Å². The molecule has 1 aromatic heterocycles. The second kappa shape index (κ2) is 5.50. The first-order valence-electron chi connectivity index (χ1n) is 5.92. The van der Waals surface area contributed by atoms with E-state index in [1.165, 1.54) is 0 Å². The summed E-state index contributed by atoms with van der Waals surface area (Å²) in [6.07, 6.45) is -3.94. The number of aromatic nitrogens is 1. The van der Waals surface area contributed by atoms with Crippen molar-refractivity contribution in [2.75, 3.05) is 5.73 Å². The van der Waals surface area contributed by atoms with E-state index in [0.717, 1.165) is 18.2 Å². The van der Waals surface area contributed by atoms with Crippen LogP contribution in [-0.4, -0.2) is 10.1 Å². The van der Waals surface area contributed by atoms with Crippen molar-refractivity contribution >= 4 is 5.69 Å². The summed E-state index contributed by atoms with van der Waals surface area (Å²) < 4.78 is 38.0. The second-order valence-electron chi connectivity index (χ2n) is 4.38. The number of aliphatic hydroxyl groups excluding tert-OH is 1. The van der Waals surface area contributed by atoms with Crippen LogP contribution in [0.4, 0.5) is 18.9 Å². The third-order valence-corrected chi connectivity index (χ3v) is 2.90. The van der Waals surface area contributed by atoms with Crippen LogP contribution >= 0.6 is 0 Å². The number of anilines is 1. The predicted octanol–water partition coefficient (Wildman–Crippen LogP) is 2.96. The highest BCUT2D eigenvalue weighted by molar-refractivity contribution is 5.50. The number of hydrogen-bond donors (Lipinski definition) is 2. The lowest BCUT2D eigenvalue weighted by atomic mass is 10.00. The van der Waals surface area contributed by atoms with Crippen LogP contribution in [0.3, 0.4) is 0 Å². The first-order valence-corrected chi connectivity index (χ1v) is 5.92. The van der Waals surface area contributed by atoms with Gasteiger partial charge in [0.25, 0.3) is 0 Å². The van der Waals surface area contributed by atoms with Gasteiger partial charge in [0, 0.05) is 29.6 Å². The van der Waals surface area contributed by atoms with Gasteiger partial charge >= 0.3 is 6.18 Å². The minimum atomic E-state index is -4.47. The number of nitrogen functional groups attached to an aromatic ring is 1. The van der Waals surface area contributed by atoms with Gasteiger partial charge in [0.2, 0.25) is 0 Å². The molecular formula is C14H13F3N2O. The van der Waals surface area contributed by atoms with Gasteiger partial charge in [-0.1, -0.05) is 6.07 Å². The zero-order valence-corrected chi connectivity index (χ0v) is 10.4. The van der Waals surface area contributed by atoms with Crippen LogP contribution in [-0.2, 0) is 12.6 Å². The first kappa shape index (κ1) is 14.3. The number of nitrogens with zero attached hydrogens (tertiary/aromatic N) is 1. The van der Waals surface area contributed by atoms with Crippen LogP contribution < -0.4 is 5.73 Å². The van der Waals surface area contributed by atoms with Gasteiger partial charge in [-0.15, -0.1) is 0 Å². The summed E-state index contributed by atoms with van der Waals surface area (Å²) >= 11 is 0. The Kier molecular flexibility index (Phi) is 3.94. The molecule has 6 heteroatoms. The molecule has 0 amide bonds. The van der Waals surface area contributed by atoms with Crippen molar-refractivity contribution in [2.45, 2.75) is 18.7 Å². The number of rotatable bonds is 3. The molecule has 106 valence electrons. The topological polar surface area (TPSA) is 59.1 Å². The van der Waals surface area contributed by atoms with Crippen molar-refractivity contribution < 1.29 is 18.3 Å². The van der Waals surface area contributed by atoms with Gasteiger partial charge in [0.05, 0.1) is 11.7 Å². The fraction of sp³-hybridized carbons (Fsp3) is 0.214. The highest BCUT2D eigenvalue weighted by Crippen LogP contribution is 2.33. The van der Waals surface area contributed by atoms with Crippen molar-refractivity contribution in [1.82, 2.24) is 4.98 Å². The number of pyridine rings is 1. The smallest absolute Gasteiger partial charge is 0.398 e. The molecule has 0 saturated carbocycles. The van der Waals surface area contributed by atoms with Crippen molar-refractivity contribution in [3.63, 3.8) is 0 Å². The number of halogens is 3. The van der Waals surface area contributed by atoms with Gasteiger partial charge < -0.3 is 10.8 Å². The molecule has 1 atom stereocenters. The molecule has 0 bridgehead atoms. The second-order valence-corrected chi connectivity index (χ2v) is 4.38. The maximum atomic E-state index is 12.7. The lowest BCUT2D eigenvalue weighted by Gasteiger charge is -2.15. The first-order chi connectivity index (χ1) is 9.38. The molecule has 0 aliphatic carbocycles. The van der Waals surface area contributed by atoms with Gasteiger partial charge in [-0.3, -0.25) is 4.98 Å². The Hall–Kier alpha value is -2.08. The lowest BCUT2D eigenvalue weighted by molar-refractivity contribution is -0.137. The van der Waals surface area contributed by atoms with Crippen LogP contribution in [0.5, 0.6) is 0 Å². The Labute approximate surface area is 113 Å². The molecule has 3 N–H and O–H groups in total. The molecule has 3 nitrogen and oxygen atoms in total. The monoisotopic (exact) mass is 282 g/mol. The third kappa shape index (κ3) is 3.27. The van der Waals surface area contributed by atoms with E-state index in [0.29, 0.717) is 5.69 Å². The Bertz CT molecular complexity index is 585. The lowest BCUT2D eigenvalue weighted by Crippen LogP contribution is -2.10. The van der Waals surface area contributed by atoms with Crippen LogP contribution in [0.15, 0.2) is 42.6 Å². The van der Waals surface area contributed by atoms with Crippen molar-refractivity contribution in [3.05, 3.63) is 59.4 Å². The van der Waals surface area contributed by atoms with E-state index in [2.05, 4.69) is 4.98 Å². The number of hydrogen-bond acceptors (Lipinski definition) is 3. The van der Waals surface area contributed by atoms with Crippen LogP contribution in [0.1, 0.15) is 22.9 Å². The minimum Gasteiger partial charge on any atom is -0.398 e. The fourth-order valence-electron chi connectivity index (χ4n) is 1.87. The molecule has 1 aromatic carbocycles. The van der Waals surface area contributed by atoms with Gasteiger partial charge in [0.15, 0.2) is 0 Å². The van der Waals surface area contributed by atoms with Gasteiger partial charge in [-0.05, 0) is 30.3 Å². The summed E-state index contributed by atoms with van der Waals surface area (Å²) in [6, 6.07) is 8.07. The molecule has 1 heterocycles. The number of aliphatic hydroxyl groups is 1. The number of nitrogens with two attached hydrogens (primary N) is 1. The van der Waals surface area contributed by atoms with E-state index < -0.39 is 17.8 Å². The Morgan fingerprint density at radius 2 is 1.95 bits per heavy atom. The summed E-state index contributed by atoms with van der Waals surface area (Å²) in [7, 11) is 0. The standard InChI is InChI=1S/C14H13F3N2O/c15-14(16,17)9-4-5-12(18)11(7-9)13(20)8-10-3-1-2-6-19-10/h1-7,13,20H,8,18H2. The summed E-state index contributed by atoms with van der Waals surface area (Å²) in [5.41, 5.74) is 5.58. The Morgan fingerprint density at radius 3 is 2.55 bits per heavy atom. The normalized spacial score (nSPS) is 13.2.